The van der Waals surface area contributed by atoms with Crippen molar-refractivity contribution < 1.29 is 0 Å². The Morgan fingerprint density at radius 1 is 1.41 bits per heavy atom. The molecule has 0 aromatic carbocycles. The lowest BCUT2D eigenvalue weighted by Crippen LogP contribution is -2.31. The fourth-order valence-corrected chi connectivity index (χ4v) is 2.63. The smallest absolute Gasteiger partial charge is 0.183 e. The van der Waals surface area contributed by atoms with Gasteiger partial charge in [0.2, 0.25) is 0 Å². The van der Waals surface area contributed by atoms with Gasteiger partial charge in [-0.3, -0.25) is 0 Å². The summed E-state index contributed by atoms with van der Waals surface area (Å²) < 4.78 is 2.13. The van der Waals surface area contributed by atoms with Crippen molar-refractivity contribution in [2.75, 3.05) is 5.32 Å². The number of hydrogen-bond donors (Lipinski definition) is 1. The lowest BCUT2D eigenvalue weighted by atomic mass is 10.0. The summed E-state index contributed by atoms with van der Waals surface area (Å²) in [5, 5.41) is 9.35. The fraction of sp³-hybridized carbons (Fsp3) is 0.538. The van der Waals surface area contributed by atoms with Gasteiger partial charge >= 0.3 is 0 Å². The number of aromatic nitrogens is 3. The van der Waals surface area contributed by atoms with Gasteiger partial charge in [-0.15, -0.1) is 0 Å². The summed E-state index contributed by atoms with van der Waals surface area (Å²) in [6, 6.07) is 5.14. The molecule has 2 aromatic rings. The molecular formula is C13H18N4. The maximum Gasteiger partial charge on any atom is 0.183 e. The van der Waals surface area contributed by atoms with Crippen molar-refractivity contribution in [2.45, 2.75) is 45.2 Å². The van der Waals surface area contributed by atoms with Crippen LogP contribution in [0.3, 0.4) is 0 Å². The Kier molecular flexibility index (Phi) is 2.50. The van der Waals surface area contributed by atoms with Gasteiger partial charge in [0.25, 0.3) is 0 Å². The van der Waals surface area contributed by atoms with E-state index in [1.165, 1.54) is 0 Å². The second kappa shape index (κ2) is 4.02. The van der Waals surface area contributed by atoms with E-state index in [4.69, 9.17) is 0 Å². The molecule has 1 aliphatic heterocycles. The summed E-state index contributed by atoms with van der Waals surface area (Å²) in [5.41, 5.74) is 0.852. The number of nitrogens with zero attached hydrogens (tertiary/aromatic N) is 3. The number of anilines is 1. The second-order valence-electron chi connectivity index (χ2n) is 4.72. The molecule has 2 atom stereocenters. The van der Waals surface area contributed by atoms with Crippen molar-refractivity contribution in [1.82, 2.24) is 14.8 Å². The Bertz CT molecular complexity index is 531. The van der Waals surface area contributed by atoms with Gasteiger partial charge in [-0.1, -0.05) is 13.8 Å². The molecule has 2 unspecified atom stereocenters. The average Bonchev–Trinajstić information content (AvgIpc) is 2.76. The highest BCUT2D eigenvalue weighted by molar-refractivity contribution is 5.87. The van der Waals surface area contributed by atoms with Gasteiger partial charge in [0, 0.05) is 12.2 Å². The number of fused-ring (bicyclic) bond motifs is 3. The predicted molar refractivity (Wildman–Crippen MR) is 69.2 cm³/mol. The maximum absolute atomic E-state index is 4.62. The molecule has 1 aliphatic rings. The quantitative estimate of drug-likeness (QED) is 0.862. The van der Waals surface area contributed by atoms with Crippen LogP contribution in [0.15, 0.2) is 18.3 Å². The molecule has 0 amide bonds. The van der Waals surface area contributed by atoms with E-state index in [2.05, 4.69) is 40.0 Å². The summed E-state index contributed by atoms with van der Waals surface area (Å²) in [4.78, 5) is 4.33. The third kappa shape index (κ3) is 1.59. The first-order chi connectivity index (χ1) is 8.33. The van der Waals surface area contributed by atoms with E-state index in [0.717, 1.165) is 36.1 Å². The van der Waals surface area contributed by atoms with Crippen LogP contribution >= 0.6 is 0 Å². The minimum absolute atomic E-state index is 0.505. The summed E-state index contributed by atoms with van der Waals surface area (Å²) >= 11 is 0. The first-order valence-electron chi connectivity index (χ1n) is 6.43. The van der Waals surface area contributed by atoms with Crippen molar-refractivity contribution in [3.8, 4) is 0 Å². The van der Waals surface area contributed by atoms with Crippen molar-refractivity contribution in [3.63, 3.8) is 0 Å². The minimum atomic E-state index is 0.505. The summed E-state index contributed by atoms with van der Waals surface area (Å²) in [5.74, 6) is 1.15. The van der Waals surface area contributed by atoms with Crippen LogP contribution in [-0.2, 0) is 0 Å². The molecule has 3 heterocycles. The predicted octanol–water partition coefficient (Wildman–Crippen LogP) is 2.98. The van der Waals surface area contributed by atoms with Gasteiger partial charge in [0.05, 0.1) is 11.4 Å². The Labute approximate surface area is 101 Å². The third-order valence-electron chi connectivity index (χ3n) is 3.68. The van der Waals surface area contributed by atoms with Crippen LogP contribution < -0.4 is 5.32 Å². The highest BCUT2D eigenvalue weighted by Gasteiger charge is 2.27. The first-order valence-corrected chi connectivity index (χ1v) is 6.43. The topological polar surface area (TPSA) is 42.7 Å². The third-order valence-corrected chi connectivity index (χ3v) is 3.68. The monoisotopic (exact) mass is 230 g/mol. The maximum atomic E-state index is 4.62. The van der Waals surface area contributed by atoms with Crippen molar-refractivity contribution in [1.29, 1.82) is 0 Å². The van der Waals surface area contributed by atoms with Crippen molar-refractivity contribution >= 4 is 16.9 Å². The molecule has 0 aliphatic carbocycles. The molecule has 0 saturated heterocycles. The lowest BCUT2D eigenvalue weighted by Gasteiger charge is -2.31. The molecular weight excluding hydrogens is 212 g/mol. The van der Waals surface area contributed by atoms with E-state index < -0.39 is 0 Å². The second-order valence-corrected chi connectivity index (χ2v) is 4.72. The van der Waals surface area contributed by atoms with Gasteiger partial charge in [-0.2, -0.15) is 5.10 Å². The van der Waals surface area contributed by atoms with Gasteiger partial charge in [-0.05, 0) is 31.4 Å². The SMILES string of the molecule is CCC1CC(CC)n2nc3ncccc3c2N1. The number of rotatable bonds is 2. The molecule has 90 valence electrons. The van der Waals surface area contributed by atoms with Crippen LogP contribution in [0.2, 0.25) is 0 Å². The Morgan fingerprint density at radius 2 is 2.29 bits per heavy atom. The summed E-state index contributed by atoms with van der Waals surface area (Å²) in [6.07, 6.45) is 5.25. The summed E-state index contributed by atoms with van der Waals surface area (Å²) in [7, 11) is 0. The van der Waals surface area contributed by atoms with Gasteiger partial charge in [-0.25, -0.2) is 9.67 Å². The van der Waals surface area contributed by atoms with Crippen LogP contribution in [0, 0.1) is 0 Å². The molecule has 1 N–H and O–H groups in total. The highest BCUT2D eigenvalue weighted by atomic mass is 15.4. The Balaban J connectivity index is 2.15. The summed E-state index contributed by atoms with van der Waals surface area (Å²) in [6.45, 7) is 4.46. The van der Waals surface area contributed by atoms with E-state index in [-0.39, 0.29) is 0 Å². The van der Waals surface area contributed by atoms with Crippen LogP contribution in [0.1, 0.15) is 39.2 Å². The molecule has 0 radical (unpaired) electrons. The highest BCUT2D eigenvalue weighted by Crippen LogP contribution is 2.34. The zero-order valence-electron chi connectivity index (χ0n) is 10.3. The molecule has 3 rings (SSSR count). The zero-order valence-corrected chi connectivity index (χ0v) is 10.3. The minimum Gasteiger partial charge on any atom is -0.367 e. The fourth-order valence-electron chi connectivity index (χ4n) is 2.63. The van der Waals surface area contributed by atoms with Gasteiger partial charge in [0.1, 0.15) is 5.82 Å². The van der Waals surface area contributed by atoms with E-state index in [1.54, 1.807) is 6.20 Å². The largest absolute Gasteiger partial charge is 0.367 e. The first kappa shape index (κ1) is 10.6. The van der Waals surface area contributed by atoms with Gasteiger partial charge < -0.3 is 5.32 Å². The molecule has 0 bridgehead atoms. The molecule has 0 fully saturated rings. The van der Waals surface area contributed by atoms with E-state index in [0.29, 0.717) is 12.1 Å². The Hall–Kier alpha value is -1.58. The van der Waals surface area contributed by atoms with Crippen molar-refractivity contribution in [3.05, 3.63) is 18.3 Å². The molecule has 17 heavy (non-hydrogen) atoms. The van der Waals surface area contributed by atoms with Crippen LogP contribution in [0.4, 0.5) is 5.82 Å². The van der Waals surface area contributed by atoms with Crippen LogP contribution in [0.25, 0.3) is 11.0 Å². The Morgan fingerprint density at radius 3 is 3.06 bits per heavy atom. The van der Waals surface area contributed by atoms with Crippen LogP contribution in [0.5, 0.6) is 0 Å². The number of hydrogen-bond acceptors (Lipinski definition) is 3. The van der Waals surface area contributed by atoms with Gasteiger partial charge in [0.15, 0.2) is 5.65 Å². The average molecular weight is 230 g/mol. The lowest BCUT2D eigenvalue weighted by molar-refractivity contribution is 0.364. The number of pyridine rings is 1. The van der Waals surface area contributed by atoms with Crippen LogP contribution in [-0.4, -0.2) is 20.8 Å². The van der Waals surface area contributed by atoms with E-state index in [1.807, 2.05) is 6.07 Å². The molecule has 0 saturated carbocycles. The molecule has 4 nitrogen and oxygen atoms in total. The van der Waals surface area contributed by atoms with Crippen molar-refractivity contribution in [2.24, 2.45) is 0 Å². The standard InChI is InChI=1S/C13H18N4/c1-3-9-8-10(4-2)17-13(15-9)11-6-5-7-14-12(11)16-17/h5-7,9-10,15H,3-4,8H2,1-2H3. The zero-order chi connectivity index (χ0) is 11.8. The normalized spacial score (nSPS) is 23.4. The molecule has 0 spiro atoms. The number of nitrogens with one attached hydrogen (secondary N) is 1. The van der Waals surface area contributed by atoms with E-state index >= 15 is 0 Å². The molecule has 4 heteroatoms. The van der Waals surface area contributed by atoms with E-state index in [9.17, 15) is 0 Å². The molecule has 2 aromatic heterocycles.